The van der Waals surface area contributed by atoms with Crippen LogP contribution in [-0.4, -0.2) is 0 Å². The highest BCUT2D eigenvalue weighted by molar-refractivity contribution is 9.10. The monoisotopic (exact) mass is 687 g/mol. The molecule has 5 aromatic carbocycles. The normalized spacial score (nSPS) is 16.6. The van der Waals surface area contributed by atoms with Crippen molar-refractivity contribution in [1.82, 2.24) is 0 Å². The average Bonchev–Trinajstić information content (AvgIpc) is 3.44. The predicted molar refractivity (Wildman–Crippen MR) is 206 cm³/mol. The van der Waals surface area contributed by atoms with Crippen LogP contribution in [0.3, 0.4) is 0 Å². The van der Waals surface area contributed by atoms with Gasteiger partial charge in [0.1, 0.15) is 5.75 Å². The van der Waals surface area contributed by atoms with Gasteiger partial charge in [-0.1, -0.05) is 145 Å². The van der Waals surface area contributed by atoms with E-state index in [0.29, 0.717) is 0 Å². The molecule has 1 aliphatic heterocycles. The van der Waals surface area contributed by atoms with Crippen molar-refractivity contribution >= 4 is 32.9 Å². The van der Waals surface area contributed by atoms with Crippen molar-refractivity contribution < 1.29 is 4.74 Å². The maximum absolute atomic E-state index is 6.53. The second-order valence-corrected chi connectivity index (χ2v) is 12.8. The molecule has 236 valence electrons. The lowest BCUT2D eigenvalue weighted by Crippen LogP contribution is -2.32. The summed E-state index contributed by atoms with van der Waals surface area (Å²) in [5.41, 5.74) is 12.6. The highest BCUT2D eigenvalue weighted by atomic mass is 79.9. The fraction of sp³-hybridized carbons (Fsp3) is 0.111. The molecule has 8 rings (SSSR count). The first-order valence-electron chi connectivity index (χ1n) is 16.7. The Morgan fingerprint density at radius 2 is 1.23 bits per heavy atom. The van der Waals surface area contributed by atoms with Crippen LogP contribution in [0, 0.1) is 0 Å². The molecule has 3 heteroatoms. The minimum atomic E-state index is -0.535. The molecule has 5 aromatic rings. The van der Waals surface area contributed by atoms with Crippen molar-refractivity contribution in [3.05, 3.63) is 203 Å². The molecule has 0 saturated heterocycles. The molecule has 0 unspecified atom stereocenters. The van der Waals surface area contributed by atoms with Crippen molar-refractivity contribution in [2.75, 3.05) is 4.90 Å². The molecule has 0 atom stereocenters. The summed E-state index contributed by atoms with van der Waals surface area (Å²) in [4.78, 5) is 2.38. The molecular formula is C45H38BrNO. The second kappa shape index (κ2) is 13.5. The van der Waals surface area contributed by atoms with Gasteiger partial charge in [-0.05, 0) is 89.2 Å². The van der Waals surface area contributed by atoms with Crippen LogP contribution in [-0.2, 0) is 5.41 Å². The van der Waals surface area contributed by atoms with Gasteiger partial charge in [0.25, 0.3) is 0 Å². The molecule has 2 nitrogen and oxygen atoms in total. The Balaban J connectivity index is 0.00000179. The van der Waals surface area contributed by atoms with Gasteiger partial charge >= 0.3 is 0 Å². The number of benzene rings is 5. The zero-order valence-corrected chi connectivity index (χ0v) is 29.0. The van der Waals surface area contributed by atoms with E-state index in [1.807, 2.05) is 26.0 Å². The fourth-order valence-corrected chi connectivity index (χ4v) is 7.71. The summed E-state index contributed by atoms with van der Waals surface area (Å²) in [5, 5.41) is 0. The van der Waals surface area contributed by atoms with Crippen LogP contribution in [0.15, 0.2) is 180 Å². The summed E-state index contributed by atoms with van der Waals surface area (Å²) < 4.78 is 7.59. The van der Waals surface area contributed by atoms with E-state index < -0.39 is 5.41 Å². The van der Waals surface area contributed by atoms with Crippen LogP contribution in [0.2, 0.25) is 0 Å². The van der Waals surface area contributed by atoms with Gasteiger partial charge < -0.3 is 9.64 Å². The SMILES string of the molecule is C=C1/C=C\C=C/Oc2c1cccc2C1(C2=CC=C(N(c3ccccc3)c3ccc(Br)cc3)CC2)c2ccccc2-c2ccccc21.CC. The quantitative estimate of drug-likeness (QED) is 0.182. The molecule has 0 radical (unpaired) electrons. The average molecular weight is 689 g/mol. The van der Waals surface area contributed by atoms with E-state index in [-0.39, 0.29) is 0 Å². The summed E-state index contributed by atoms with van der Waals surface area (Å²) in [5.74, 6) is 0.857. The summed E-state index contributed by atoms with van der Waals surface area (Å²) in [7, 11) is 0. The first-order chi connectivity index (χ1) is 23.7. The summed E-state index contributed by atoms with van der Waals surface area (Å²) in [6, 6.07) is 43.5. The van der Waals surface area contributed by atoms with Crippen LogP contribution >= 0.6 is 15.9 Å². The number of rotatable bonds is 5. The van der Waals surface area contributed by atoms with Crippen molar-refractivity contribution in [2.45, 2.75) is 32.1 Å². The second-order valence-electron chi connectivity index (χ2n) is 11.9. The van der Waals surface area contributed by atoms with Crippen molar-refractivity contribution in [2.24, 2.45) is 0 Å². The molecule has 0 fully saturated rings. The lowest BCUT2D eigenvalue weighted by atomic mass is 9.64. The molecule has 0 aromatic heterocycles. The number of nitrogens with zero attached hydrogens (tertiary/aromatic N) is 1. The molecular weight excluding hydrogens is 650 g/mol. The third-order valence-corrected chi connectivity index (χ3v) is 9.91. The number of hydrogen-bond acceptors (Lipinski definition) is 2. The number of hydrogen-bond donors (Lipinski definition) is 0. The molecule has 0 amide bonds. The highest BCUT2D eigenvalue weighted by Crippen LogP contribution is 2.60. The fourth-order valence-electron chi connectivity index (χ4n) is 7.44. The summed E-state index contributed by atoms with van der Waals surface area (Å²) in [6.07, 6.45) is 14.2. The minimum absolute atomic E-state index is 0.535. The molecule has 0 saturated carbocycles. The lowest BCUT2D eigenvalue weighted by molar-refractivity contribution is 0.464. The summed E-state index contributed by atoms with van der Waals surface area (Å²) >= 11 is 3.62. The van der Waals surface area contributed by atoms with Gasteiger partial charge in [-0.25, -0.2) is 0 Å². The maximum Gasteiger partial charge on any atom is 0.139 e. The Hall–Kier alpha value is -5.12. The number of para-hydroxylation sites is 2. The predicted octanol–water partition coefficient (Wildman–Crippen LogP) is 12.7. The van der Waals surface area contributed by atoms with E-state index in [9.17, 15) is 0 Å². The maximum atomic E-state index is 6.53. The zero-order valence-electron chi connectivity index (χ0n) is 27.4. The minimum Gasteiger partial charge on any atom is -0.464 e. The van der Waals surface area contributed by atoms with Crippen molar-refractivity contribution in [1.29, 1.82) is 0 Å². The van der Waals surface area contributed by atoms with Gasteiger partial charge in [-0.15, -0.1) is 0 Å². The van der Waals surface area contributed by atoms with E-state index in [4.69, 9.17) is 4.74 Å². The standard InChI is InChI=1S/C43H32BrNO.C2H6/c1-30-12-9-10-29-46-42-36(30)17-11-20-41(42)43(39-18-7-5-15-37(39)38-16-6-8-19-40(38)43)31-21-25-34(26-22-31)45(33-13-3-2-4-14-33)35-27-23-32(44)24-28-35;1-2/h2-21,23-25,27-29H,1,22,26H2;1-2H3/b12-9-,29-10-;. The number of ether oxygens (including phenoxy) is 1. The van der Waals surface area contributed by atoms with Crippen LogP contribution in [0.25, 0.3) is 16.7 Å². The van der Waals surface area contributed by atoms with Gasteiger partial charge in [0.05, 0.1) is 11.7 Å². The van der Waals surface area contributed by atoms with Crippen LogP contribution in [0.5, 0.6) is 5.75 Å². The third-order valence-electron chi connectivity index (χ3n) is 9.39. The Morgan fingerprint density at radius 1 is 0.625 bits per heavy atom. The molecule has 2 aliphatic carbocycles. The smallest absolute Gasteiger partial charge is 0.139 e. The van der Waals surface area contributed by atoms with Gasteiger partial charge in [0.2, 0.25) is 0 Å². The molecule has 0 spiro atoms. The van der Waals surface area contributed by atoms with Crippen molar-refractivity contribution in [3.63, 3.8) is 0 Å². The van der Waals surface area contributed by atoms with E-state index in [2.05, 4.69) is 167 Å². The first kappa shape index (κ1) is 31.5. The Kier molecular flexibility index (Phi) is 8.88. The number of halogens is 1. The zero-order chi connectivity index (χ0) is 33.1. The van der Waals surface area contributed by atoms with E-state index in [0.717, 1.165) is 51.1 Å². The van der Waals surface area contributed by atoms with E-state index in [1.165, 1.54) is 33.5 Å². The topological polar surface area (TPSA) is 12.5 Å². The van der Waals surface area contributed by atoms with Gasteiger partial charge in [0.15, 0.2) is 0 Å². The third kappa shape index (κ3) is 5.29. The largest absolute Gasteiger partial charge is 0.464 e. The first-order valence-corrected chi connectivity index (χ1v) is 17.5. The molecule has 0 bridgehead atoms. The molecule has 1 heterocycles. The number of anilines is 2. The highest BCUT2D eigenvalue weighted by Gasteiger charge is 2.49. The lowest BCUT2D eigenvalue weighted by Gasteiger charge is -2.39. The van der Waals surface area contributed by atoms with Crippen LogP contribution in [0.1, 0.15) is 48.9 Å². The van der Waals surface area contributed by atoms with Gasteiger partial charge in [-0.3, -0.25) is 0 Å². The number of allylic oxidation sites excluding steroid dienone is 8. The Bertz CT molecular complexity index is 2050. The Morgan fingerprint density at radius 3 is 1.90 bits per heavy atom. The van der Waals surface area contributed by atoms with Gasteiger partial charge in [0, 0.05) is 32.7 Å². The van der Waals surface area contributed by atoms with Gasteiger partial charge in [-0.2, -0.15) is 0 Å². The Labute approximate surface area is 292 Å². The van der Waals surface area contributed by atoms with Crippen LogP contribution in [0.4, 0.5) is 11.4 Å². The van der Waals surface area contributed by atoms with Crippen LogP contribution < -0.4 is 9.64 Å². The number of fused-ring (bicyclic) bond motifs is 4. The molecule has 48 heavy (non-hydrogen) atoms. The summed E-state index contributed by atoms with van der Waals surface area (Å²) in [6.45, 7) is 8.41. The molecule has 0 N–H and O–H groups in total. The van der Waals surface area contributed by atoms with E-state index >= 15 is 0 Å². The van der Waals surface area contributed by atoms with E-state index in [1.54, 1.807) is 6.26 Å². The molecule has 3 aliphatic rings. The van der Waals surface area contributed by atoms with Crippen molar-refractivity contribution in [3.8, 4) is 16.9 Å².